The van der Waals surface area contributed by atoms with Crippen molar-refractivity contribution in [3.05, 3.63) is 177 Å². The first-order valence-corrected chi connectivity index (χ1v) is 26.3. The molecule has 6 aromatic carbocycles. The van der Waals surface area contributed by atoms with Crippen LogP contribution >= 0.6 is 23.2 Å². The molecular formula is C48H37Cl2F4N3O11S3. The lowest BCUT2D eigenvalue weighted by Gasteiger charge is -2.35. The number of nitrogens with zero attached hydrogens (tertiary/aromatic N) is 3. The van der Waals surface area contributed by atoms with Gasteiger partial charge >= 0.3 is 0 Å². The quantitative estimate of drug-likeness (QED) is 0.0572. The molecule has 8 rings (SSSR count). The fourth-order valence-electron chi connectivity index (χ4n) is 7.43. The molecule has 370 valence electrons. The molecule has 0 radical (unpaired) electrons. The fourth-order valence-corrected chi connectivity index (χ4v) is 11.4. The third kappa shape index (κ3) is 12.2. The number of anilines is 2. The summed E-state index contributed by atoms with van der Waals surface area (Å²) in [6, 6.07) is 27.1. The molecule has 0 aromatic heterocycles. The SMILES string of the molecule is CS(=O)(=O)OC[C@H]1CN(S(=O)(=O)c2ccc(F)cc2)c2cc(CC(=O)c3c(F)cccc3Cl)ccc2O1.N#CC[C@H]1CN(S(=O)(=O)c2ccc(F)cc2)c2cc(CC(=O)c3c(F)cccc3Cl)ccc2O1. The van der Waals surface area contributed by atoms with Crippen LogP contribution in [0.2, 0.25) is 10.0 Å². The zero-order valence-corrected chi connectivity index (χ0v) is 40.7. The second-order valence-electron chi connectivity index (χ2n) is 15.8. The van der Waals surface area contributed by atoms with E-state index in [9.17, 15) is 52.4 Å². The summed E-state index contributed by atoms with van der Waals surface area (Å²) in [5, 5.41) is 9.00. The molecule has 0 bridgehead atoms. The minimum atomic E-state index is -4.27. The van der Waals surface area contributed by atoms with Gasteiger partial charge < -0.3 is 9.47 Å². The van der Waals surface area contributed by atoms with E-state index < -0.39 is 83.8 Å². The molecule has 0 unspecified atom stereocenters. The second-order valence-corrected chi connectivity index (χ2v) is 22.0. The van der Waals surface area contributed by atoms with Gasteiger partial charge in [0.25, 0.3) is 30.2 Å². The zero-order chi connectivity index (χ0) is 51.4. The number of halogens is 6. The molecule has 0 fully saturated rings. The van der Waals surface area contributed by atoms with Crippen LogP contribution in [0.3, 0.4) is 0 Å². The van der Waals surface area contributed by atoms with Gasteiger partial charge in [-0.3, -0.25) is 22.4 Å². The highest BCUT2D eigenvalue weighted by Crippen LogP contribution is 2.40. The van der Waals surface area contributed by atoms with Crippen molar-refractivity contribution in [2.75, 3.05) is 34.6 Å². The maximum atomic E-state index is 14.2. The highest BCUT2D eigenvalue weighted by atomic mass is 35.5. The minimum absolute atomic E-state index is 0.0221. The first-order valence-electron chi connectivity index (χ1n) is 20.9. The Morgan fingerprint density at radius 2 is 1.04 bits per heavy atom. The van der Waals surface area contributed by atoms with Gasteiger partial charge in [-0.25, -0.2) is 34.4 Å². The van der Waals surface area contributed by atoms with Crippen LogP contribution in [0, 0.1) is 34.6 Å². The normalized spacial score (nSPS) is 15.5. The van der Waals surface area contributed by atoms with Gasteiger partial charge in [0, 0.05) is 12.8 Å². The molecule has 0 aliphatic carbocycles. The van der Waals surface area contributed by atoms with E-state index in [-0.39, 0.29) is 86.2 Å². The Labute approximate surface area is 415 Å². The minimum Gasteiger partial charge on any atom is -0.485 e. The van der Waals surface area contributed by atoms with Crippen molar-refractivity contribution in [3.63, 3.8) is 0 Å². The molecule has 71 heavy (non-hydrogen) atoms. The van der Waals surface area contributed by atoms with Crippen molar-refractivity contribution >= 4 is 76.3 Å². The summed E-state index contributed by atoms with van der Waals surface area (Å²) in [6.07, 6.45) is -1.46. The molecule has 14 nitrogen and oxygen atoms in total. The second kappa shape index (κ2) is 21.4. The first kappa shape index (κ1) is 52.3. The van der Waals surface area contributed by atoms with Crippen LogP contribution < -0.4 is 18.1 Å². The van der Waals surface area contributed by atoms with E-state index in [1.54, 1.807) is 6.07 Å². The Kier molecular flexibility index (Phi) is 15.8. The summed E-state index contributed by atoms with van der Waals surface area (Å²) in [4.78, 5) is 25.2. The summed E-state index contributed by atoms with van der Waals surface area (Å²) in [6.45, 7) is -0.949. The van der Waals surface area contributed by atoms with Crippen molar-refractivity contribution < 1.29 is 66.1 Å². The Morgan fingerprint density at radius 1 is 0.634 bits per heavy atom. The number of Topliss-reactive ketones (excluding diaryl/α,β-unsaturated/α-hetero) is 2. The van der Waals surface area contributed by atoms with Crippen molar-refractivity contribution in [3.8, 4) is 17.6 Å². The van der Waals surface area contributed by atoms with Crippen LogP contribution in [-0.4, -0.2) is 75.0 Å². The first-order chi connectivity index (χ1) is 33.5. The van der Waals surface area contributed by atoms with Gasteiger partial charge in [-0.15, -0.1) is 0 Å². The third-order valence-corrected chi connectivity index (χ3v) is 15.5. The Bertz CT molecular complexity index is 3380. The van der Waals surface area contributed by atoms with E-state index in [1.165, 1.54) is 54.6 Å². The van der Waals surface area contributed by atoms with Crippen molar-refractivity contribution in [1.82, 2.24) is 0 Å². The van der Waals surface area contributed by atoms with Crippen LogP contribution in [-0.2, 0) is 47.2 Å². The van der Waals surface area contributed by atoms with Gasteiger partial charge in [-0.05, 0) is 108 Å². The maximum Gasteiger partial charge on any atom is 0.264 e. The average Bonchev–Trinajstić information content (AvgIpc) is 3.30. The standard InChI is InChI=1S/C24H17ClF2N2O4S.C24H20ClF2NO7S2/c25-19-2-1-3-20(27)24(19)22(30)13-15-4-9-23-21(12-15)29(14-17(33-23)10-11-28)34(31,32)18-7-5-16(26)6-8-18;1-36(30,31)34-14-17-13-28(37(32,33)18-8-6-16(26)7-9-18)21-11-15(5-10-23(21)35-17)12-22(29)24-19(25)3-2-4-20(24)27/h1-9,12,17H,10,13-14H2;2-11,17H,12-14H2,1H3/t2*17-/m01/s1. The smallest absolute Gasteiger partial charge is 0.264 e. The lowest BCUT2D eigenvalue weighted by atomic mass is 10.0. The number of sulfonamides is 2. The number of rotatable bonds is 14. The molecular weight excluding hydrogens is 1040 g/mol. The Hall–Kier alpha value is -6.54. The predicted molar refractivity (Wildman–Crippen MR) is 253 cm³/mol. The summed E-state index contributed by atoms with van der Waals surface area (Å²) in [5.74, 6) is -3.66. The molecule has 0 N–H and O–H groups in total. The lowest BCUT2D eigenvalue weighted by molar-refractivity contribution is 0.0980. The van der Waals surface area contributed by atoms with Crippen LogP contribution in [0.25, 0.3) is 0 Å². The van der Waals surface area contributed by atoms with Crippen molar-refractivity contribution in [2.45, 2.75) is 41.3 Å². The fraction of sp³-hybridized carbons (Fsp3) is 0.188. The predicted octanol–water partition coefficient (Wildman–Crippen LogP) is 8.89. The molecule has 0 saturated heterocycles. The molecule has 0 spiro atoms. The van der Waals surface area contributed by atoms with Gasteiger partial charge in [0.05, 0.1) is 74.2 Å². The van der Waals surface area contributed by atoms with E-state index in [2.05, 4.69) is 0 Å². The number of ketones is 2. The van der Waals surface area contributed by atoms with Crippen LogP contribution in [0.4, 0.5) is 28.9 Å². The van der Waals surface area contributed by atoms with Gasteiger partial charge in [0.15, 0.2) is 11.6 Å². The summed E-state index contributed by atoms with van der Waals surface area (Å²) < 4.78 is 150. The molecule has 2 heterocycles. The molecule has 0 amide bonds. The maximum absolute atomic E-state index is 14.2. The number of hydrogen-bond acceptors (Lipinski definition) is 12. The molecule has 2 atom stereocenters. The van der Waals surface area contributed by atoms with E-state index >= 15 is 0 Å². The topological polar surface area (TPSA) is 195 Å². The Morgan fingerprint density at radius 3 is 1.44 bits per heavy atom. The average molecular weight is 1070 g/mol. The molecule has 23 heteroatoms. The van der Waals surface area contributed by atoms with Crippen LogP contribution in [0.5, 0.6) is 11.5 Å². The molecule has 2 aliphatic heterocycles. The monoisotopic (exact) mass is 1070 g/mol. The van der Waals surface area contributed by atoms with Gasteiger partial charge in [0.1, 0.15) is 53.6 Å². The molecule has 6 aromatic rings. The number of ether oxygens (including phenoxy) is 2. The third-order valence-electron chi connectivity index (χ3n) is 10.7. The van der Waals surface area contributed by atoms with E-state index in [0.717, 1.165) is 75.5 Å². The largest absolute Gasteiger partial charge is 0.485 e. The number of hydrogen-bond donors (Lipinski definition) is 0. The van der Waals surface area contributed by atoms with Gasteiger partial charge in [-0.1, -0.05) is 47.5 Å². The number of carbonyl (C=O) groups is 2. The highest BCUT2D eigenvalue weighted by Gasteiger charge is 2.37. The number of nitriles is 1. The number of benzene rings is 6. The summed E-state index contributed by atoms with van der Waals surface area (Å²) in [5.41, 5.74) is 0.435. The van der Waals surface area contributed by atoms with E-state index in [0.29, 0.717) is 11.1 Å². The van der Waals surface area contributed by atoms with Crippen LogP contribution in [0.1, 0.15) is 38.3 Å². The highest BCUT2D eigenvalue weighted by molar-refractivity contribution is 7.93. The number of fused-ring (bicyclic) bond motifs is 2. The molecule has 2 aliphatic rings. The van der Waals surface area contributed by atoms with Crippen molar-refractivity contribution in [1.29, 1.82) is 5.26 Å². The van der Waals surface area contributed by atoms with Crippen molar-refractivity contribution in [2.24, 2.45) is 0 Å². The summed E-state index contributed by atoms with van der Waals surface area (Å²) in [7, 11) is -12.3. The van der Waals surface area contributed by atoms with Gasteiger partial charge in [-0.2, -0.15) is 13.7 Å². The lowest BCUT2D eigenvalue weighted by Crippen LogP contribution is -2.45. The Balaban J connectivity index is 0.000000209. The summed E-state index contributed by atoms with van der Waals surface area (Å²) >= 11 is 12.0. The number of carbonyl (C=O) groups excluding carboxylic acids is 2. The molecule has 0 saturated carbocycles. The van der Waals surface area contributed by atoms with Crippen LogP contribution in [0.15, 0.2) is 131 Å². The zero-order valence-electron chi connectivity index (χ0n) is 36.8. The van der Waals surface area contributed by atoms with E-state index in [4.69, 9.17) is 42.1 Å². The van der Waals surface area contributed by atoms with E-state index in [1.807, 2.05) is 6.07 Å². The van der Waals surface area contributed by atoms with Gasteiger partial charge in [0.2, 0.25) is 0 Å².